The summed E-state index contributed by atoms with van der Waals surface area (Å²) in [6, 6.07) is 2.53. The first-order chi connectivity index (χ1) is 14.4. The molecule has 1 saturated heterocycles. The molecule has 156 valence electrons. The highest BCUT2D eigenvalue weighted by Crippen LogP contribution is 2.38. The molecule has 3 aromatic rings. The van der Waals surface area contributed by atoms with Crippen LogP contribution in [0.3, 0.4) is 0 Å². The quantitative estimate of drug-likeness (QED) is 0.586. The van der Waals surface area contributed by atoms with Gasteiger partial charge in [0.05, 0.1) is 18.8 Å². The molecule has 2 unspecified atom stereocenters. The lowest BCUT2D eigenvalue weighted by Crippen LogP contribution is -2.33. The molecule has 3 aromatic heterocycles. The fraction of sp³-hybridized carbons (Fsp3) is 0.400. The highest BCUT2D eigenvalue weighted by molar-refractivity contribution is 6.04. The van der Waals surface area contributed by atoms with E-state index in [0.717, 1.165) is 0 Å². The molecule has 0 aliphatic carbocycles. The van der Waals surface area contributed by atoms with Crippen LogP contribution in [0, 0.1) is 5.82 Å². The summed E-state index contributed by atoms with van der Waals surface area (Å²) in [7, 11) is 0. The van der Waals surface area contributed by atoms with Gasteiger partial charge in [-0.3, -0.25) is 9.78 Å². The van der Waals surface area contributed by atoms with Gasteiger partial charge >= 0.3 is 0 Å². The van der Waals surface area contributed by atoms with Crippen molar-refractivity contribution < 1.29 is 13.6 Å². The van der Waals surface area contributed by atoms with Crippen molar-refractivity contribution in [2.75, 3.05) is 17.2 Å². The number of nitrogens with zero attached hydrogens (tertiary/aromatic N) is 5. The third kappa shape index (κ3) is 3.03. The zero-order valence-corrected chi connectivity index (χ0v) is 16.3. The molecular weight excluding hydrogens is 392 g/mol. The van der Waals surface area contributed by atoms with E-state index in [4.69, 9.17) is 5.73 Å². The number of hydrogen-bond acceptors (Lipinski definition) is 6. The van der Waals surface area contributed by atoms with Gasteiger partial charge in [0.2, 0.25) is 0 Å². The molecule has 5 rings (SSSR count). The second kappa shape index (κ2) is 6.89. The Hall–Kier alpha value is -3.30. The highest BCUT2D eigenvalue weighted by Gasteiger charge is 2.36. The molecule has 0 spiro atoms. The maximum absolute atomic E-state index is 14.5. The minimum absolute atomic E-state index is 0.0765. The molecule has 30 heavy (non-hydrogen) atoms. The molecule has 2 aliphatic rings. The van der Waals surface area contributed by atoms with E-state index in [1.807, 2.05) is 6.92 Å². The van der Waals surface area contributed by atoms with Crippen LogP contribution in [0.25, 0.3) is 5.65 Å². The minimum atomic E-state index is -1.09. The van der Waals surface area contributed by atoms with Crippen LogP contribution in [-0.2, 0) is 6.42 Å². The molecule has 10 heteroatoms. The van der Waals surface area contributed by atoms with Gasteiger partial charge in [-0.1, -0.05) is 0 Å². The number of hydrogen-bond donors (Lipinski definition) is 2. The Kier molecular flexibility index (Phi) is 4.30. The SMILES string of the molecule is C[C@@H]1CCc2ncc(F)cc2C2CC(F)CN2c2ccn3nc(N)c(c3n2)C(=O)N1. The second-order valence-corrected chi connectivity index (χ2v) is 7.92. The number of nitrogens with one attached hydrogen (secondary N) is 1. The summed E-state index contributed by atoms with van der Waals surface area (Å²) in [4.78, 5) is 23.6. The molecule has 0 aromatic carbocycles. The van der Waals surface area contributed by atoms with Gasteiger partial charge < -0.3 is 16.0 Å². The van der Waals surface area contributed by atoms with Crippen LogP contribution in [0.15, 0.2) is 24.5 Å². The van der Waals surface area contributed by atoms with E-state index < -0.39 is 18.0 Å². The number of nitrogens with two attached hydrogens (primary N) is 1. The number of fused-ring (bicyclic) bond motifs is 5. The number of aromatic nitrogens is 4. The summed E-state index contributed by atoms with van der Waals surface area (Å²) in [5, 5.41) is 7.10. The van der Waals surface area contributed by atoms with Crippen LogP contribution in [-0.4, -0.2) is 44.2 Å². The highest BCUT2D eigenvalue weighted by atomic mass is 19.1. The number of halogens is 2. The van der Waals surface area contributed by atoms with Gasteiger partial charge in [-0.2, -0.15) is 0 Å². The van der Waals surface area contributed by atoms with Gasteiger partial charge in [-0.25, -0.2) is 18.3 Å². The van der Waals surface area contributed by atoms with Crippen LogP contribution < -0.4 is 16.0 Å². The fourth-order valence-corrected chi connectivity index (χ4v) is 4.35. The molecule has 0 radical (unpaired) electrons. The molecule has 1 fully saturated rings. The summed E-state index contributed by atoms with van der Waals surface area (Å²) in [6.07, 6.45) is 3.04. The number of anilines is 2. The van der Waals surface area contributed by atoms with E-state index in [1.54, 1.807) is 17.2 Å². The number of alkyl halides is 1. The predicted octanol–water partition coefficient (Wildman–Crippen LogP) is 2.20. The van der Waals surface area contributed by atoms with Gasteiger partial charge in [-0.15, -0.1) is 5.10 Å². The predicted molar refractivity (Wildman–Crippen MR) is 106 cm³/mol. The van der Waals surface area contributed by atoms with Gasteiger partial charge in [0.1, 0.15) is 23.4 Å². The third-order valence-electron chi connectivity index (χ3n) is 5.79. The Morgan fingerprint density at radius 3 is 3.03 bits per heavy atom. The molecular formula is C20H21F2N7O. The van der Waals surface area contributed by atoms with Gasteiger partial charge in [0.15, 0.2) is 11.5 Å². The lowest BCUT2D eigenvalue weighted by atomic mass is 9.98. The van der Waals surface area contributed by atoms with Crippen molar-refractivity contribution in [2.24, 2.45) is 0 Å². The molecule has 2 bridgehead atoms. The smallest absolute Gasteiger partial charge is 0.259 e. The Morgan fingerprint density at radius 2 is 2.20 bits per heavy atom. The topological polar surface area (TPSA) is 101 Å². The van der Waals surface area contributed by atoms with Crippen molar-refractivity contribution in [1.82, 2.24) is 24.9 Å². The van der Waals surface area contributed by atoms with Crippen molar-refractivity contribution in [1.29, 1.82) is 0 Å². The molecule has 5 heterocycles. The summed E-state index contributed by atoms with van der Waals surface area (Å²) in [6.45, 7) is 1.99. The summed E-state index contributed by atoms with van der Waals surface area (Å²) >= 11 is 0. The largest absolute Gasteiger partial charge is 0.381 e. The van der Waals surface area contributed by atoms with Crippen molar-refractivity contribution in [3.63, 3.8) is 0 Å². The molecule has 0 saturated carbocycles. The Labute approximate surface area is 171 Å². The average molecular weight is 413 g/mol. The van der Waals surface area contributed by atoms with E-state index in [9.17, 15) is 13.6 Å². The molecule has 3 atom stereocenters. The maximum Gasteiger partial charge on any atom is 0.259 e. The first-order valence-electron chi connectivity index (χ1n) is 9.91. The Balaban J connectivity index is 1.72. The average Bonchev–Trinajstić information content (AvgIpc) is 3.24. The number of pyridine rings is 1. The lowest BCUT2D eigenvalue weighted by Gasteiger charge is -2.27. The number of carbonyl (C=O) groups excluding carboxylic acids is 1. The summed E-state index contributed by atoms with van der Waals surface area (Å²) in [5.74, 6) is -0.278. The van der Waals surface area contributed by atoms with E-state index in [0.29, 0.717) is 35.6 Å². The Bertz CT molecular complexity index is 1150. The van der Waals surface area contributed by atoms with Crippen molar-refractivity contribution in [3.05, 3.63) is 47.2 Å². The standard InChI is InChI=1S/C20H21F2N7O/c1-10-2-3-14-13(6-11(21)8-24-14)15-7-12(22)9-28(15)16-4-5-29-19(26-16)17(18(23)27-29)20(30)25-10/h4-6,8,10,12,15H,2-3,7,9H2,1H3,(H2,23,27)(H,25,30)/t10-,12?,15?/m1/s1. The van der Waals surface area contributed by atoms with Crippen LogP contribution >= 0.6 is 0 Å². The number of carbonyl (C=O) groups is 1. The van der Waals surface area contributed by atoms with Crippen LogP contribution in [0.5, 0.6) is 0 Å². The number of aryl methyl sites for hydroxylation is 1. The Morgan fingerprint density at radius 1 is 1.37 bits per heavy atom. The fourth-order valence-electron chi connectivity index (χ4n) is 4.35. The third-order valence-corrected chi connectivity index (χ3v) is 5.79. The van der Waals surface area contributed by atoms with E-state index >= 15 is 0 Å². The van der Waals surface area contributed by atoms with E-state index in [1.165, 1.54) is 16.8 Å². The lowest BCUT2D eigenvalue weighted by molar-refractivity contribution is 0.0940. The van der Waals surface area contributed by atoms with Crippen LogP contribution in [0.1, 0.15) is 47.4 Å². The minimum Gasteiger partial charge on any atom is -0.381 e. The van der Waals surface area contributed by atoms with Crippen molar-refractivity contribution in [3.8, 4) is 0 Å². The summed E-state index contributed by atoms with van der Waals surface area (Å²) < 4.78 is 30.1. The number of nitrogen functional groups attached to an aromatic ring is 1. The molecule has 2 aliphatic heterocycles. The van der Waals surface area contributed by atoms with E-state index in [-0.39, 0.29) is 36.3 Å². The second-order valence-electron chi connectivity index (χ2n) is 7.92. The first kappa shape index (κ1) is 18.7. The molecule has 3 N–H and O–H groups in total. The first-order valence-corrected chi connectivity index (χ1v) is 9.91. The van der Waals surface area contributed by atoms with E-state index in [2.05, 4.69) is 20.4 Å². The summed E-state index contributed by atoms with van der Waals surface area (Å²) in [5.41, 5.74) is 7.84. The monoisotopic (exact) mass is 413 g/mol. The number of rotatable bonds is 0. The van der Waals surface area contributed by atoms with Crippen molar-refractivity contribution in [2.45, 2.75) is 44.4 Å². The van der Waals surface area contributed by atoms with Gasteiger partial charge in [0.25, 0.3) is 5.91 Å². The zero-order valence-electron chi connectivity index (χ0n) is 16.3. The van der Waals surface area contributed by atoms with Crippen LogP contribution in [0.4, 0.5) is 20.4 Å². The zero-order chi connectivity index (χ0) is 21.0. The van der Waals surface area contributed by atoms with Gasteiger partial charge in [-0.05, 0) is 37.5 Å². The normalized spacial score (nSPS) is 24.0. The maximum atomic E-state index is 14.5. The number of amides is 1. The van der Waals surface area contributed by atoms with Gasteiger partial charge in [0, 0.05) is 24.4 Å². The molecule has 1 amide bonds. The van der Waals surface area contributed by atoms with Crippen molar-refractivity contribution >= 4 is 23.2 Å². The van der Waals surface area contributed by atoms with Crippen LogP contribution in [0.2, 0.25) is 0 Å². The molecule has 8 nitrogen and oxygen atoms in total.